The summed E-state index contributed by atoms with van der Waals surface area (Å²) < 4.78 is 9.90. The van der Waals surface area contributed by atoms with E-state index in [9.17, 15) is 4.79 Å². The third kappa shape index (κ3) is 3.91. The lowest BCUT2D eigenvalue weighted by molar-refractivity contribution is 0.0605. The van der Waals surface area contributed by atoms with Crippen molar-refractivity contribution in [3.05, 3.63) is 10.6 Å². The molecule has 0 aliphatic heterocycles. The normalized spacial score (nSPS) is 12.3. The molecule has 1 aromatic heterocycles. The molecule has 1 heterocycles. The van der Waals surface area contributed by atoms with Gasteiger partial charge in [-0.3, -0.25) is 0 Å². The summed E-state index contributed by atoms with van der Waals surface area (Å²) in [6.07, 6.45) is 1.01. The summed E-state index contributed by atoms with van der Waals surface area (Å²) >= 11 is 1.38. The van der Waals surface area contributed by atoms with Crippen LogP contribution in [-0.4, -0.2) is 44.4 Å². The van der Waals surface area contributed by atoms with Crippen LogP contribution in [-0.2, 0) is 9.47 Å². The van der Waals surface area contributed by atoms with E-state index in [0.717, 1.165) is 23.8 Å². The van der Waals surface area contributed by atoms with Crippen LogP contribution in [0.4, 0.5) is 5.13 Å². The zero-order valence-corrected chi connectivity index (χ0v) is 13.0. The molecule has 0 aromatic carbocycles. The fourth-order valence-electron chi connectivity index (χ4n) is 1.70. The number of thiazole rings is 1. The molecule has 0 bridgehead atoms. The molecule has 5 nitrogen and oxygen atoms in total. The number of aryl methyl sites for hydroxylation is 1. The Morgan fingerprint density at radius 1 is 1.47 bits per heavy atom. The fourth-order valence-corrected chi connectivity index (χ4v) is 2.82. The number of esters is 1. The SMILES string of the molecule is CCC(C)N(CCOC)c1nc(C)c(C(=O)OC)s1. The Kier molecular flexibility index (Phi) is 6.24. The van der Waals surface area contributed by atoms with Crippen LogP contribution < -0.4 is 4.90 Å². The highest BCUT2D eigenvalue weighted by atomic mass is 32.1. The van der Waals surface area contributed by atoms with Crippen molar-refractivity contribution in [1.29, 1.82) is 0 Å². The topological polar surface area (TPSA) is 51.7 Å². The molecule has 108 valence electrons. The van der Waals surface area contributed by atoms with Gasteiger partial charge < -0.3 is 14.4 Å². The number of carbonyl (C=O) groups excluding carboxylic acids is 1. The highest BCUT2D eigenvalue weighted by molar-refractivity contribution is 7.17. The fraction of sp³-hybridized carbons (Fsp3) is 0.692. The molecule has 0 N–H and O–H groups in total. The van der Waals surface area contributed by atoms with Crippen LogP contribution in [0.5, 0.6) is 0 Å². The number of aromatic nitrogens is 1. The Morgan fingerprint density at radius 3 is 2.68 bits per heavy atom. The van der Waals surface area contributed by atoms with E-state index in [1.54, 1.807) is 7.11 Å². The van der Waals surface area contributed by atoms with Gasteiger partial charge in [0.2, 0.25) is 0 Å². The van der Waals surface area contributed by atoms with Gasteiger partial charge in [-0.25, -0.2) is 9.78 Å². The van der Waals surface area contributed by atoms with Gasteiger partial charge in [0.05, 0.1) is 19.4 Å². The average molecular weight is 286 g/mol. The van der Waals surface area contributed by atoms with Crippen LogP contribution in [0.1, 0.15) is 35.6 Å². The number of methoxy groups -OCH3 is 2. The summed E-state index contributed by atoms with van der Waals surface area (Å²) in [7, 11) is 3.07. The van der Waals surface area contributed by atoms with Gasteiger partial charge in [0.15, 0.2) is 5.13 Å². The smallest absolute Gasteiger partial charge is 0.350 e. The molecule has 1 rings (SSSR count). The minimum atomic E-state index is -0.322. The van der Waals surface area contributed by atoms with Crippen LogP contribution in [0.3, 0.4) is 0 Å². The molecule has 0 spiro atoms. The minimum Gasteiger partial charge on any atom is -0.465 e. The van der Waals surface area contributed by atoms with Crippen molar-refractivity contribution in [2.24, 2.45) is 0 Å². The van der Waals surface area contributed by atoms with Crippen molar-refractivity contribution in [2.45, 2.75) is 33.2 Å². The van der Waals surface area contributed by atoms with Crippen molar-refractivity contribution in [2.75, 3.05) is 32.3 Å². The van der Waals surface area contributed by atoms with E-state index in [2.05, 4.69) is 23.7 Å². The first-order valence-electron chi connectivity index (χ1n) is 6.36. The van der Waals surface area contributed by atoms with E-state index in [0.29, 0.717) is 17.5 Å². The number of hydrogen-bond acceptors (Lipinski definition) is 6. The van der Waals surface area contributed by atoms with Gasteiger partial charge in [-0.05, 0) is 20.3 Å². The number of carbonyl (C=O) groups is 1. The summed E-state index contributed by atoms with van der Waals surface area (Å²) in [4.78, 5) is 18.9. The standard InChI is InChI=1S/C13H22N2O3S/c1-6-9(2)15(7-8-17-4)13-14-10(3)11(19-13)12(16)18-5/h9H,6-8H2,1-5H3. The van der Waals surface area contributed by atoms with E-state index < -0.39 is 0 Å². The third-order valence-electron chi connectivity index (χ3n) is 3.06. The second kappa shape index (κ2) is 7.45. The molecule has 0 amide bonds. The molecule has 1 atom stereocenters. The summed E-state index contributed by atoms with van der Waals surface area (Å²) in [5.74, 6) is -0.322. The maximum atomic E-state index is 11.6. The predicted molar refractivity (Wildman–Crippen MR) is 77.2 cm³/mol. The van der Waals surface area contributed by atoms with Crippen LogP contribution in [0.15, 0.2) is 0 Å². The lowest BCUT2D eigenvalue weighted by atomic mass is 10.2. The average Bonchev–Trinajstić information content (AvgIpc) is 2.79. The van der Waals surface area contributed by atoms with Crippen molar-refractivity contribution < 1.29 is 14.3 Å². The second-order valence-electron chi connectivity index (χ2n) is 4.35. The van der Waals surface area contributed by atoms with Gasteiger partial charge in [0, 0.05) is 19.7 Å². The molecule has 0 aliphatic carbocycles. The van der Waals surface area contributed by atoms with Gasteiger partial charge >= 0.3 is 5.97 Å². The first kappa shape index (κ1) is 15.9. The Bertz CT molecular complexity index is 420. The number of hydrogen-bond donors (Lipinski definition) is 0. The van der Waals surface area contributed by atoms with E-state index >= 15 is 0 Å². The van der Waals surface area contributed by atoms with E-state index in [4.69, 9.17) is 9.47 Å². The predicted octanol–water partition coefficient (Wildman–Crippen LogP) is 2.49. The Labute approximate surface area is 118 Å². The summed E-state index contributed by atoms with van der Waals surface area (Å²) in [5, 5.41) is 0.851. The van der Waals surface area contributed by atoms with Crippen molar-refractivity contribution in [3.8, 4) is 0 Å². The monoisotopic (exact) mass is 286 g/mol. The molecule has 0 aliphatic rings. The number of nitrogens with zero attached hydrogens (tertiary/aromatic N) is 2. The molecule has 0 fully saturated rings. The number of ether oxygens (including phenoxy) is 2. The molecule has 1 unspecified atom stereocenters. The zero-order valence-electron chi connectivity index (χ0n) is 12.2. The highest BCUT2D eigenvalue weighted by Crippen LogP contribution is 2.28. The molecule has 6 heteroatoms. The van der Waals surface area contributed by atoms with Gasteiger partial charge in [-0.15, -0.1) is 0 Å². The molecular formula is C13H22N2O3S. The third-order valence-corrected chi connectivity index (χ3v) is 4.24. The molecule has 0 saturated carbocycles. The minimum absolute atomic E-state index is 0.322. The number of anilines is 1. The van der Waals surface area contributed by atoms with Crippen molar-refractivity contribution in [1.82, 2.24) is 4.98 Å². The highest BCUT2D eigenvalue weighted by Gasteiger charge is 2.21. The van der Waals surface area contributed by atoms with Gasteiger partial charge in [-0.2, -0.15) is 0 Å². The van der Waals surface area contributed by atoms with Gasteiger partial charge in [0.1, 0.15) is 4.88 Å². The van der Waals surface area contributed by atoms with Crippen molar-refractivity contribution in [3.63, 3.8) is 0 Å². The maximum Gasteiger partial charge on any atom is 0.350 e. The lowest BCUT2D eigenvalue weighted by Gasteiger charge is -2.27. The van der Waals surface area contributed by atoms with E-state index in [1.807, 2.05) is 6.92 Å². The van der Waals surface area contributed by atoms with Crippen LogP contribution in [0.2, 0.25) is 0 Å². The summed E-state index contributed by atoms with van der Waals surface area (Å²) in [6.45, 7) is 7.50. The first-order valence-corrected chi connectivity index (χ1v) is 7.18. The first-order chi connectivity index (χ1) is 9.04. The molecule has 19 heavy (non-hydrogen) atoms. The molecule has 0 radical (unpaired) electrons. The molecular weight excluding hydrogens is 264 g/mol. The van der Waals surface area contributed by atoms with Gasteiger partial charge in [0.25, 0.3) is 0 Å². The van der Waals surface area contributed by atoms with Crippen LogP contribution in [0, 0.1) is 6.92 Å². The molecule has 0 saturated heterocycles. The maximum absolute atomic E-state index is 11.6. The van der Waals surface area contributed by atoms with Gasteiger partial charge in [-0.1, -0.05) is 18.3 Å². The van der Waals surface area contributed by atoms with E-state index in [1.165, 1.54) is 18.4 Å². The quantitative estimate of drug-likeness (QED) is 0.721. The number of rotatable bonds is 7. The van der Waals surface area contributed by atoms with Crippen molar-refractivity contribution >= 4 is 22.4 Å². The zero-order chi connectivity index (χ0) is 14.4. The van der Waals surface area contributed by atoms with Crippen LogP contribution >= 0.6 is 11.3 Å². The Morgan fingerprint density at radius 2 is 2.16 bits per heavy atom. The summed E-state index contributed by atoms with van der Waals surface area (Å²) in [6, 6.07) is 0.353. The van der Waals surface area contributed by atoms with Crippen LogP contribution in [0.25, 0.3) is 0 Å². The molecule has 1 aromatic rings. The second-order valence-corrected chi connectivity index (χ2v) is 5.32. The van der Waals surface area contributed by atoms with E-state index in [-0.39, 0.29) is 5.97 Å². The Hall–Kier alpha value is -1.14. The largest absolute Gasteiger partial charge is 0.465 e. The lowest BCUT2D eigenvalue weighted by Crippen LogP contribution is -2.35. The summed E-state index contributed by atoms with van der Waals surface area (Å²) in [5.41, 5.74) is 0.720. The Balaban J connectivity index is 2.99.